The lowest BCUT2D eigenvalue weighted by molar-refractivity contribution is -0.155. The fraction of sp³-hybridized carbons (Fsp3) is 0.516. The number of carbonyl (C=O) groups excluding carboxylic acids is 3. The summed E-state index contributed by atoms with van der Waals surface area (Å²) in [5, 5.41) is 2.99. The number of amides is 2. The number of carbonyl (C=O) groups is 3. The first-order chi connectivity index (χ1) is 19.0. The molecule has 2 amide bonds. The van der Waals surface area contributed by atoms with E-state index in [0.29, 0.717) is 26.0 Å². The van der Waals surface area contributed by atoms with Crippen molar-refractivity contribution in [3.05, 3.63) is 65.7 Å². The van der Waals surface area contributed by atoms with Crippen molar-refractivity contribution in [1.29, 1.82) is 0 Å². The molecule has 1 saturated carbocycles. The first kappa shape index (κ1) is 30.3. The monoisotopic (exact) mass is 537 g/mol. The first-order valence-electron chi connectivity index (χ1n) is 14.2. The normalized spacial score (nSPS) is 14.2. The molecule has 8 nitrogen and oxygen atoms in total. The Labute approximate surface area is 232 Å². The summed E-state index contributed by atoms with van der Waals surface area (Å²) < 4.78 is 5.89. The van der Waals surface area contributed by atoms with E-state index in [1.165, 1.54) is 0 Å². The maximum Gasteiger partial charge on any atom is 0.328 e. The van der Waals surface area contributed by atoms with E-state index in [-0.39, 0.29) is 23.9 Å². The maximum atomic E-state index is 13.2. The van der Waals surface area contributed by atoms with E-state index in [0.717, 1.165) is 68.2 Å². The van der Waals surface area contributed by atoms with Crippen molar-refractivity contribution in [1.82, 2.24) is 10.4 Å². The predicted octanol–water partition coefficient (Wildman–Crippen LogP) is 5.69. The number of anilines is 1. The van der Waals surface area contributed by atoms with Crippen molar-refractivity contribution >= 4 is 23.5 Å². The summed E-state index contributed by atoms with van der Waals surface area (Å²) >= 11 is 0. The average molecular weight is 538 g/mol. The van der Waals surface area contributed by atoms with Crippen molar-refractivity contribution < 1.29 is 24.0 Å². The molecule has 39 heavy (non-hydrogen) atoms. The molecule has 0 spiro atoms. The van der Waals surface area contributed by atoms with E-state index in [4.69, 9.17) is 9.57 Å². The number of unbranched alkanes of at least 4 members (excludes halogenated alkanes) is 3. The van der Waals surface area contributed by atoms with E-state index in [2.05, 4.69) is 10.8 Å². The van der Waals surface area contributed by atoms with Crippen LogP contribution in [0.25, 0.3) is 0 Å². The smallest absolute Gasteiger partial charge is 0.328 e. The molecule has 3 rings (SSSR count). The van der Waals surface area contributed by atoms with Gasteiger partial charge in [-0.1, -0.05) is 55.3 Å². The third kappa shape index (κ3) is 10.8. The molecule has 212 valence electrons. The molecule has 0 bridgehead atoms. The van der Waals surface area contributed by atoms with Gasteiger partial charge in [-0.05, 0) is 75.8 Å². The predicted molar refractivity (Wildman–Crippen MR) is 152 cm³/mol. The molecule has 0 radical (unpaired) electrons. The molecule has 1 atom stereocenters. The van der Waals surface area contributed by atoms with Crippen LogP contribution in [0, 0.1) is 0 Å². The minimum absolute atomic E-state index is 0.00977. The van der Waals surface area contributed by atoms with E-state index < -0.39 is 6.04 Å². The number of esters is 1. The number of ether oxygens (including phenoxy) is 1. The zero-order valence-corrected chi connectivity index (χ0v) is 23.3. The van der Waals surface area contributed by atoms with E-state index >= 15 is 0 Å². The minimum atomic E-state index is -0.504. The van der Waals surface area contributed by atoms with Gasteiger partial charge in [-0.3, -0.25) is 19.3 Å². The number of nitrogens with one attached hydrogen (secondary N) is 2. The first-order valence-corrected chi connectivity index (χ1v) is 14.2. The summed E-state index contributed by atoms with van der Waals surface area (Å²) in [5.41, 5.74) is 5.03. The minimum Gasteiger partial charge on any atom is -0.461 e. The van der Waals surface area contributed by atoms with Crippen LogP contribution in [-0.2, 0) is 30.5 Å². The van der Waals surface area contributed by atoms with Gasteiger partial charge in [0.05, 0.1) is 6.61 Å². The van der Waals surface area contributed by atoms with Gasteiger partial charge in [-0.15, -0.1) is 0 Å². The Bertz CT molecular complexity index is 1040. The fourth-order valence-corrected chi connectivity index (χ4v) is 4.92. The van der Waals surface area contributed by atoms with Crippen molar-refractivity contribution in [3.8, 4) is 0 Å². The standard InChI is InChI=1S/C31H43N3O5/c1-3-38-33-29(36)21-10-5-4-9-20-28(35)32-26-17-13-14-24(22-26)23-34(2)30(25-15-7-6-8-16-25)31(37)39-27-18-11-12-19-27/h6-8,13-17,22,27,30H,3-5,9-12,18-21,23H2,1-2H3,(H,32,35)(H,33,36)/t30-/m0/s1. The highest BCUT2D eigenvalue weighted by atomic mass is 16.6. The Morgan fingerprint density at radius 1 is 0.923 bits per heavy atom. The van der Waals surface area contributed by atoms with Crippen LogP contribution < -0.4 is 10.8 Å². The Morgan fingerprint density at radius 2 is 1.62 bits per heavy atom. The number of likely N-dealkylation sites (N-methyl/N-ethyl adjacent to an activating group) is 1. The zero-order valence-electron chi connectivity index (χ0n) is 23.3. The summed E-state index contributed by atoms with van der Waals surface area (Å²) in [6, 6.07) is 17.0. The van der Waals surface area contributed by atoms with Crippen LogP contribution in [0.5, 0.6) is 0 Å². The second-order valence-electron chi connectivity index (χ2n) is 10.2. The van der Waals surface area contributed by atoms with Crippen molar-refractivity contribution in [2.45, 2.75) is 89.8 Å². The van der Waals surface area contributed by atoms with E-state index in [1.807, 2.05) is 73.5 Å². The Hall–Kier alpha value is -3.23. The number of benzene rings is 2. The molecule has 2 aromatic carbocycles. The maximum absolute atomic E-state index is 13.2. The fourth-order valence-electron chi connectivity index (χ4n) is 4.92. The molecule has 2 aromatic rings. The van der Waals surface area contributed by atoms with Gasteiger partial charge >= 0.3 is 5.97 Å². The second kappa shape index (κ2) is 16.7. The number of nitrogens with zero attached hydrogens (tertiary/aromatic N) is 1. The molecule has 0 heterocycles. The Morgan fingerprint density at radius 3 is 2.31 bits per heavy atom. The molecule has 1 aliphatic carbocycles. The average Bonchev–Trinajstić information content (AvgIpc) is 3.43. The van der Waals surface area contributed by atoms with Gasteiger partial charge in [0, 0.05) is 25.1 Å². The molecule has 8 heteroatoms. The largest absolute Gasteiger partial charge is 0.461 e. The van der Waals surface area contributed by atoms with Crippen LogP contribution in [-0.4, -0.2) is 42.4 Å². The second-order valence-corrected chi connectivity index (χ2v) is 10.2. The lowest BCUT2D eigenvalue weighted by atomic mass is 10.0. The topological polar surface area (TPSA) is 97.0 Å². The van der Waals surface area contributed by atoms with Crippen LogP contribution in [0.4, 0.5) is 5.69 Å². The van der Waals surface area contributed by atoms with Crippen molar-refractivity contribution in [2.24, 2.45) is 0 Å². The molecule has 0 saturated heterocycles. The van der Waals surface area contributed by atoms with Gasteiger partial charge in [-0.25, -0.2) is 10.3 Å². The Balaban J connectivity index is 1.48. The van der Waals surface area contributed by atoms with Gasteiger partial charge in [0.15, 0.2) is 0 Å². The van der Waals surface area contributed by atoms with Crippen molar-refractivity contribution in [3.63, 3.8) is 0 Å². The van der Waals surface area contributed by atoms with Gasteiger partial charge in [0.2, 0.25) is 11.8 Å². The summed E-state index contributed by atoms with van der Waals surface area (Å²) in [5.74, 6) is -0.354. The molecule has 2 N–H and O–H groups in total. The lowest BCUT2D eigenvalue weighted by Gasteiger charge is -2.28. The lowest BCUT2D eigenvalue weighted by Crippen LogP contribution is -2.33. The molecular formula is C31H43N3O5. The summed E-state index contributed by atoms with van der Waals surface area (Å²) in [6.45, 7) is 2.79. The molecule has 0 aliphatic heterocycles. The highest BCUT2D eigenvalue weighted by Gasteiger charge is 2.30. The molecule has 1 aliphatic rings. The van der Waals surface area contributed by atoms with Crippen LogP contribution in [0.15, 0.2) is 54.6 Å². The van der Waals surface area contributed by atoms with Crippen molar-refractivity contribution in [2.75, 3.05) is 19.0 Å². The van der Waals surface area contributed by atoms with Gasteiger partial charge < -0.3 is 10.1 Å². The van der Waals surface area contributed by atoms with Gasteiger partial charge in [0.25, 0.3) is 0 Å². The SMILES string of the molecule is CCONC(=O)CCCCCCC(=O)Nc1cccc(CN(C)[C@H](C(=O)OC2CCCC2)c2ccccc2)c1. The van der Waals surface area contributed by atoms with E-state index in [9.17, 15) is 14.4 Å². The van der Waals surface area contributed by atoms with Gasteiger partial charge in [0.1, 0.15) is 12.1 Å². The molecular weight excluding hydrogens is 494 g/mol. The molecule has 1 fully saturated rings. The Kier molecular flexibility index (Phi) is 13.0. The van der Waals surface area contributed by atoms with Crippen LogP contribution >= 0.6 is 0 Å². The highest BCUT2D eigenvalue weighted by Crippen LogP contribution is 2.28. The van der Waals surface area contributed by atoms with Crippen LogP contribution in [0.3, 0.4) is 0 Å². The number of hydrogen-bond donors (Lipinski definition) is 2. The van der Waals surface area contributed by atoms with Crippen LogP contribution in [0.2, 0.25) is 0 Å². The molecule has 0 unspecified atom stereocenters. The third-order valence-corrected chi connectivity index (χ3v) is 6.90. The van der Waals surface area contributed by atoms with Crippen LogP contribution in [0.1, 0.15) is 88.3 Å². The number of rotatable bonds is 16. The zero-order chi connectivity index (χ0) is 27.9. The van der Waals surface area contributed by atoms with E-state index in [1.54, 1.807) is 0 Å². The molecule has 0 aromatic heterocycles. The number of hydrogen-bond acceptors (Lipinski definition) is 6. The quantitative estimate of drug-likeness (QED) is 0.162. The highest BCUT2D eigenvalue weighted by molar-refractivity contribution is 5.90. The summed E-state index contributed by atoms with van der Waals surface area (Å²) in [6.07, 6.45) is 8.27. The summed E-state index contributed by atoms with van der Waals surface area (Å²) in [7, 11) is 1.93. The third-order valence-electron chi connectivity index (χ3n) is 6.90. The summed E-state index contributed by atoms with van der Waals surface area (Å²) in [4.78, 5) is 44.1. The number of hydroxylamine groups is 1. The van der Waals surface area contributed by atoms with Gasteiger partial charge in [-0.2, -0.15) is 0 Å².